The van der Waals surface area contributed by atoms with Crippen LogP contribution in [0.2, 0.25) is 0 Å². The Balaban J connectivity index is 1.89. The van der Waals surface area contributed by atoms with Crippen molar-refractivity contribution in [2.75, 3.05) is 20.2 Å². The zero-order chi connectivity index (χ0) is 18.2. The molecule has 0 spiro atoms. The van der Waals surface area contributed by atoms with Crippen molar-refractivity contribution >= 4 is 5.91 Å². The minimum absolute atomic E-state index is 0.123. The summed E-state index contributed by atoms with van der Waals surface area (Å²) in [6.45, 7) is 9.05. The summed E-state index contributed by atoms with van der Waals surface area (Å²) in [5.74, 6) is 1.93. The first-order valence-electron chi connectivity index (χ1n) is 8.42. The lowest BCUT2D eigenvalue weighted by molar-refractivity contribution is -0.130. The van der Waals surface area contributed by atoms with Gasteiger partial charge in [-0.25, -0.2) is 0 Å². The van der Waals surface area contributed by atoms with Gasteiger partial charge in [-0.05, 0) is 32.4 Å². The van der Waals surface area contributed by atoms with Gasteiger partial charge in [-0.1, -0.05) is 29.4 Å². The van der Waals surface area contributed by atoms with Crippen LogP contribution in [-0.4, -0.2) is 41.1 Å². The van der Waals surface area contributed by atoms with Crippen LogP contribution >= 0.6 is 0 Å². The Morgan fingerprint density at radius 3 is 2.88 bits per heavy atom. The fraction of sp³-hybridized carbons (Fsp3) is 0.421. The number of amides is 1. The van der Waals surface area contributed by atoms with Crippen molar-refractivity contribution in [1.29, 1.82) is 0 Å². The molecule has 0 N–H and O–H groups in total. The molecule has 0 fully saturated rings. The van der Waals surface area contributed by atoms with Crippen molar-refractivity contribution in [3.63, 3.8) is 0 Å². The molecule has 1 amide bonds. The van der Waals surface area contributed by atoms with E-state index in [1.807, 2.05) is 38.1 Å². The third-order valence-electron chi connectivity index (χ3n) is 3.77. The van der Waals surface area contributed by atoms with Gasteiger partial charge >= 0.3 is 0 Å². The Morgan fingerprint density at radius 1 is 1.40 bits per heavy atom. The Kier molecular flexibility index (Phi) is 6.74. The highest BCUT2D eigenvalue weighted by Crippen LogP contribution is 2.21. The molecule has 1 aromatic carbocycles. The number of rotatable bonds is 9. The number of aryl methyl sites for hydroxylation is 1. The number of carbonyl (C=O) groups excluding carboxylic acids is 1. The van der Waals surface area contributed by atoms with Crippen LogP contribution in [0.1, 0.15) is 32.6 Å². The highest BCUT2D eigenvalue weighted by Gasteiger charge is 2.13. The van der Waals surface area contributed by atoms with Crippen LogP contribution in [0.25, 0.3) is 11.4 Å². The van der Waals surface area contributed by atoms with E-state index >= 15 is 0 Å². The van der Waals surface area contributed by atoms with E-state index in [1.54, 1.807) is 12.0 Å². The molecule has 6 heteroatoms. The summed E-state index contributed by atoms with van der Waals surface area (Å²) in [5, 5.41) is 4.00. The number of benzene rings is 1. The molecule has 134 valence electrons. The number of likely N-dealkylation sites (N-methyl/N-ethyl adjacent to an activating group) is 1. The van der Waals surface area contributed by atoms with Gasteiger partial charge in [0.1, 0.15) is 5.75 Å². The summed E-state index contributed by atoms with van der Waals surface area (Å²) in [4.78, 5) is 18.4. The number of hydrogen-bond acceptors (Lipinski definition) is 5. The maximum absolute atomic E-state index is 12.2. The Hall–Kier alpha value is -2.63. The first-order chi connectivity index (χ1) is 12.0. The van der Waals surface area contributed by atoms with Gasteiger partial charge in [0.25, 0.3) is 0 Å². The third-order valence-corrected chi connectivity index (χ3v) is 3.77. The second-order valence-corrected chi connectivity index (χ2v) is 5.96. The summed E-state index contributed by atoms with van der Waals surface area (Å²) in [7, 11) is 1.62. The minimum atomic E-state index is 0.123. The van der Waals surface area contributed by atoms with Crippen molar-refractivity contribution in [1.82, 2.24) is 15.0 Å². The quantitative estimate of drug-likeness (QED) is 0.652. The maximum atomic E-state index is 12.2. The molecule has 2 aromatic rings. The molecule has 1 aromatic heterocycles. The van der Waals surface area contributed by atoms with E-state index in [0.29, 0.717) is 44.1 Å². The van der Waals surface area contributed by atoms with E-state index in [-0.39, 0.29) is 5.91 Å². The molecule has 0 unspecified atom stereocenters. The Bertz CT molecular complexity index is 724. The molecule has 0 atom stereocenters. The van der Waals surface area contributed by atoms with E-state index in [1.165, 1.54) is 0 Å². The average molecular weight is 343 g/mol. The van der Waals surface area contributed by atoms with E-state index in [9.17, 15) is 4.79 Å². The zero-order valence-electron chi connectivity index (χ0n) is 15.1. The average Bonchev–Trinajstić information content (AvgIpc) is 3.08. The Morgan fingerprint density at radius 2 is 2.20 bits per heavy atom. The van der Waals surface area contributed by atoms with E-state index in [2.05, 4.69) is 16.7 Å². The van der Waals surface area contributed by atoms with Crippen molar-refractivity contribution in [3.05, 3.63) is 42.3 Å². The lowest BCUT2D eigenvalue weighted by atomic mass is 10.2. The van der Waals surface area contributed by atoms with Crippen LogP contribution in [0.5, 0.6) is 5.75 Å². The summed E-state index contributed by atoms with van der Waals surface area (Å²) in [5.41, 5.74) is 1.82. The lowest BCUT2D eigenvalue weighted by Gasteiger charge is -2.20. The predicted octanol–water partition coefficient (Wildman–Crippen LogP) is 3.49. The third kappa shape index (κ3) is 5.45. The second kappa shape index (κ2) is 9.01. The molecule has 0 saturated heterocycles. The molecule has 25 heavy (non-hydrogen) atoms. The van der Waals surface area contributed by atoms with Crippen molar-refractivity contribution < 1.29 is 14.1 Å². The number of methoxy groups -OCH3 is 1. The van der Waals surface area contributed by atoms with Crippen LogP contribution in [-0.2, 0) is 11.2 Å². The largest absolute Gasteiger partial charge is 0.497 e. The standard InChI is InChI=1S/C19H25N3O3/c1-5-22(13-14(2)3)18(23)11-7-10-17-20-19(21-25-17)15-8-6-9-16(12-15)24-4/h6,8-9,12H,2,5,7,10-11,13H2,1,3-4H3. The van der Waals surface area contributed by atoms with Gasteiger partial charge in [0.15, 0.2) is 0 Å². The van der Waals surface area contributed by atoms with Crippen LogP contribution < -0.4 is 4.74 Å². The number of hydrogen-bond donors (Lipinski definition) is 0. The molecule has 1 heterocycles. The molecule has 0 aliphatic rings. The summed E-state index contributed by atoms with van der Waals surface area (Å²) in [6.07, 6.45) is 1.70. The molecular weight excluding hydrogens is 318 g/mol. The molecular formula is C19H25N3O3. The fourth-order valence-electron chi connectivity index (χ4n) is 2.49. The van der Waals surface area contributed by atoms with Crippen LogP contribution in [0.3, 0.4) is 0 Å². The molecule has 2 rings (SSSR count). The second-order valence-electron chi connectivity index (χ2n) is 5.96. The van der Waals surface area contributed by atoms with Gasteiger partial charge in [-0.2, -0.15) is 4.98 Å². The van der Waals surface area contributed by atoms with Crippen LogP contribution in [0, 0.1) is 0 Å². The highest BCUT2D eigenvalue weighted by molar-refractivity contribution is 5.76. The monoisotopic (exact) mass is 343 g/mol. The topological polar surface area (TPSA) is 68.5 Å². The smallest absolute Gasteiger partial charge is 0.226 e. The van der Waals surface area contributed by atoms with Gasteiger partial charge in [0, 0.05) is 31.5 Å². The van der Waals surface area contributed by atoms with Gasteiger partial charge in [-0.15, -0.1) is 0 Å². The van der Waals surface area contributed by atoms with Crippen molar-refractivity contribution in [3.8, 4) is 17.1 Å². The number of carbonyl (C=O) groups is 1. The van der Waals surface area contributed by atoms with E-state index in [4.69, 9.17) is 9.26 Å². The van der Waals surface area contributed by atoms with Crippen LogP contribution in [0.4, 0.5) is 0 Å². The minimum Gasteiger partial charge on any atom is -0.497 e. The molecule has 0 aliphatic carbocycles. The van der Waals surface area contributed by atoms with E-state index in [0.717, 1.165) is 16.9 Å². The SMILES string of the molecule is C=C(C)CN(CC)C(=O)CCCc1nc(-c2cccc(OC)c2)no1. The van der Waals surface area contributed by atoms with Crippen LogP contribution in [0.15, 0.2) is 40.9 Å². The molecule has 0 radical (unpaired) electrons. The summed E-state index contributed by atoms with van der Waals surface area (Å²) < 4.78 is 10.5. The predicted molar refractivity (Wildman–Crippen MR) is 96.3 cm³/mol. The van der Waals surface area contributed by atoms with Gasteiger partial charge in [0.05, 0.1) is 7.11 Å². The Labute approximate surface area is 148 Å². The fourth-order valence-corrected chi connectivity index (χ4v) is 2.49. The van der Waals surface area contributed by atoms with Crippen molar-refractivity contribution in [2.45, 2.75) is 33.1 Å². The van der Waals surface area contributed by atoms with Gasteiger partial charge in [-0.3, -0.25) is 4.79 Å². The molecule has 0 aliphatic heterocycles. The van der Waals surface area contributed by atoms with Crippen molar-refractivity contribution in [2.24, 2.45) is 0 Å². The summed E-state index contributed by atoms with van der Waals surface area (Å²) >= 11 is 0. The summed E-state index contributed by atoms with van der Waals surface area (Å²) in [6, 6.07) is 7.50. The molecule has 6 nitrogen and oxygen atoms in total. The normalized spacial score (nSPS) is 10.5. The molecule has 0 bridgehead atoms. The van der Waals surface area contributed by atoms with Gasteiger partial charge in [0.2, 0.25) is 17.6 Å². The number of aromatic nitrogens is 2. The number of ether oxygens (including phenoxy) is 1. The molecule has 0 saturated carbocycles. The zero-order valence-corrected chi connectivity index (χ0v) is 15.1. The first kappa shape index (κ1) is 18.7. The highest BCUT2D eigenvalue weighted by atomic mass is 16.5. The number of nitrogens with zero attached hydrogens (tertiary/aromatic N) is 3. The first-order valence-corrected chi connectivity index (χ1v) is 8.42. The lowest BCUT2D eigenvalue weighted by Crippen LogP contribution is -2.31. The van der Waals surface area contributed by atoms with Gasteiger partial charge < -0.3 is 14.2 Å². The van der Waals surface area contributed by atoms with E-state index < -0.39 is 0 Å². The maximum Gasteiger partial charge on any atom is 0.226 e.